The van der Waals surface area contributed by atoms with Crippen LogP contribution in [0.3, 0.4) is 0 Å². The fraction of sp³-hybridized carbons (Fsp3) is 0.750. The molecule has 0 spiro atoms. The molecule has 110 valence electrons. The normalized spacial score (nSPS) is 12.8. The Morgan fingerprint density at radius 2 is 2.11 bits per heavy atom. The van der Waals surface area contributed by atoms with E-state index in [1.807, 2.05) is 18.4 Å². The lowest BCUT2D eigenvalue weighted by molar-refractivity contribution is 0.383. The molecule has 1 aromatic heterocycles. The molecule has 0 fully saturated rings. The second-order valence-corrected chi connectivity index (χ2v) is 7.20. The Kier molecular flexibility index (Phi) is 5.51. The standard InChI is InChI=1S/C12H24N4O2S/c1-5-6-13-7-11-8-14-10-16(11)9-12(2,3)15-19(4,17)18/h8,10,13,15H,5-7,9H2,1-4H3. The van der Waals surface area contributed by atoms with Crippen molar-refractivity contribution in [3.8, 4) is 0 Å². The molecule has 6 nitrogen and oxygen atoms in total. The predicted molar refractivity (Wildman–Crippen MR) is 76.3 cm³/mol. The molecule has 0 unspecified atom stereocenters. The summed E-state index contributed by atoms with van der Waals surface area (Å²) in [5.74, 6) is 0. The molecule has 7 heteroatoms. The van der Waals surface area contributed by atoms with E-state index in [1.165, 1.54) is 6.26 Å². The number of nitrogens with one attached hydrogen (secondary N) is 2. The largest absolute Gasteiger partial charge is 0.332 e. The summed E-state index contributed by atoms with van der Waals surface area (Å²) < 4.78 is 27.3. The highest BCUT2D eigenvalue weighted by Crippen LogP contribution is 2.10. The van der Waals surface area contributed by atoms with Crippen molar-refractivity contribution in [2.24, 2.45) is 0 Å². The van der Waals surface area contributed by atoms with E-state index in [-0.39, 0.29) is 0 Å². The molecule has 1 heterocycles. The maximum Gasteiger partial charge on any atom is 0.209 e. The van der Waals surface area contributed by atoms with E-state index in [1.54, 1.807) is 12.5 Å². The molecule has 1 rings (SSSR count). The third-order valence-electron chi connectivity index (χ3n) is 2.56. The van der Waals surface area contributed by atoms with E-state index in [2.05, 4.69) is 21.9 Å². The minimum atomic E-state index is -3.22. The van der Waals surface area contributed by atoms with Gasteiger partial charge in [0, 0.05) is 24.8 Å². The Morgan fingerprint density at radius 1 is 1.42 bits per heavy atom. The van der Waals surface area contributed by atoms with Crippen LogP contribution in [0.4, 0.5) is 0 Å². The van der Waals surface area contributed by atoms with Gasteiger partial charge in [-0.15, -0.1) is 0 Å². The number of imidazole rings is 1. The predicted octanol–water partition coefficient (Wildman–Crippen LogP) is 0.711. The smallest absolute Gasteiger partial charge is 0.209 e. The molecule has 0 radical (unpaired) electrons. The van der Waals surface area contributed by atoms with Gasteiger partial charge in [0.2, 0.25) is 10.0 Å². The summed E-state index contributed by atoms with van der Waals surface area (Å²) in [6.07, 6.45) is 5.79. The quantitative estimate of drug-likeness (QED) is 0.691. The molecule has 0 saturated carbocycles. The topological polar surface area (TPSA) is 76.0 Å². The summed E-state index contributed by atoms with van der Waals surface area (Å²) in [4.78, 5) is 4.13. The monoisotopic (exact) mass is 288 g/mol. The number of hydrogen-bond donors (Lipinski definition) is 2. The molecule has 0 aliphatic carbocycles. The van der Waals surface area contributed by atoms with Crippen molar-refractivity contribution >= 4 is 10.0 Å². The molecule has 0 atom stereocenters. The number of nitrogens with zero attached hydrogens (tertiary/aromatic N) is 2. The average Bonchev–Trinajstić information content (AvgIpc) is 2.61. The van der Waals surface area contributed by atoms with E-state index < -0.39 is 15.6 Å². The first-order chi connectivity index (χ1) is 8.73. The van der Waals surface area contributed by atoms with Crippen molar-refractivity contribution in [3.05, 3.63) is 18.2 Å². The van der Waals surface area contributed by atoms with Gasteiger partial charge >= 0.3 is 0 Å². The van der Waals surface area contributed by atoms with Gasteiger partial charge in [-0.1, -0.05) is 6.92 Å². The first-order valence-electron chi connectivity index (χ1n) is 6.42. The summed E-state index contributed by atoms with van der Waals surface area (Å²) in [5.41, 5.74) is 0.505. The number of rotatable bonds is 8. The first-order valence-corrected chi connectivity index (χ1v) is 8.31. The molecule has 0 amide bonds. The molecule has 0 saturated heterocycles. The van der Waals surface area contributed by atoms with E-state index in [9.17, 15) is 8.42 Å². The lowest BCUT2D eigenvalue weighted by Gasteiger charge is -2.26. The lowest BCUT2D eigenvalue weighted by Crippen LogP contribution is -2.46. The van der Waals surface area contributed by atoms with Crippen LogP contribution in [0.1, 0.15) is 32.9 Å². The molecule has 0 aliphatic heterocycles. The van der Waals surface area contributed by atoms with Gasteiger partial charge in [-0.2, -0.15) is 0 Å². The minimum Gasteiger partial charge on any atom is -0.332 e. The summed E-state index contributed by atoms with van der Waals surface area (Å²) in [7, 11) is -3.22. The third-order valence-corrected chi connectivity index (χ3v) is 3.48. The maximum absolute atomic E-state index is 11.3. The summed E-state index contributed by atoms with van der Waals surface area (Å²) in [5, 5.41) is 3.31. The second kappa shape index (κ2) is 6.49. The number of aromatic nitrogens is 2. The summed E-state index contributed by atoms with van der Waals surface area (Å²) >= 11 is 0. The average molecular weight is 288 g/mol. The van der Waals surface area contributed by atoms with Crippen molar-refractivity contribution in [3.63, 3.8) is 0 Å². The zero-order chi connectivity index (χ0) is 14.5. The summed E-state index contributed by atoms with van der Waals surface area (Å²) in [6.45, 7) is 8.07. The van der Waals surface area contributed by atoms with Crippen LogP contribution in [0.15, 0.2) is 12.5 Å². The molecule has 0 bridgehead atoms. The van der Waals surface area contributed by atoms with Crippen LogP contribution in [0.25, 0.3) is 0 Å². The number of hydrogen-bond acceptors (Lipinski definition) is 4. The second-order valence-electron chi connectivity index (χ2n) is 5.45. The Labute approximate surface area is 115 Å². The van der Waals surface area contributed by atoms with Crippen LogP contribution in [0, 0.1) is 0 Å². The van der Waals surface area contributed by atoms with Crippen molar-refractivity contribution < 1.29 is 8.42 Å². The van der Waals surface area contributed by atoms with Gasteiger partial charge in [-0.05, 0) is 26.8 Å². The van der Waals surface area contributed by atoms with Gasteiger partial charge in [0.1, 0.15) is 0 Å². The van der Waals surface area contributed by atoms with Crippen molar-refractivity contribution in [1.29, 1.82) is 0 Å². The van der Waals surface area contributed by atoms with E-state index >= 15 is 0 Å². The highest BCUT2D eigenvalue weighted by atomic mass is 32.2. The Bertz CT molecular complexity index is 494. The molecule has 0 aliphatic rings. The van der Waals surface area contributed by atoms with Crippen molar-refractivity contribution in [2.45, 2.75) is 45.8 Å². The Balaban J connectivity index is 2.68. The molecular weight excluding hydrogens is 264 g/mol. The molecule has 0 aromatic carbocycles. The van der Waals surface area contributed by atoms with Crippen LogP contribution in [-0.4, -0.2) is 36.3 Å². The fourth-order valence-corrected chi connectivity index (χ4v) is 3.06. The Morgan fingerprint density at radius 3 is 2.68 bits per heavy atom. The van der Waals surface area contributed by atoms with Crippen LogP contribution in [0.5, 0.6) is 0 Å². The SMILES string of the molecule is CCCNCc1cncn1CC(C)(C)NS(C)(=O)=O. The molecule has 1 aromatic rings. The zero-order valence-electron chi connectivity index (χ0n) is 12.1. The fourth-order valence-electron chi connectivity index (χ4n) is 1.99. The van der Waals surface area contributed by atoms with Gasteiger partial charge in [0.25, 0.3) is 0 Å². The van der Waals surface area contributed by atoms with E-state index in [4.69, 9.17) is 0 Å². The van der Waals surface area contributed by atoms with E-state index in [0.717, 1.165) is 25.2 Å². The molecule has 19 heavy (non-hydrogen) atoms. The maximum atomic E-state index is 11.3. The van der Waals surface area contributed by atoms with Crippen LogP contribution in [-0.2, 0) is 23.1 Å². The molecular formula is C12H24N4O2S. The van der Waals surface area contributed by atoms with Crippen molar-refractivity contribution in [2.75, 3.05) is 12.8 Å². The lowest BCUT2D eigenvalue weighted by atomic mass is 10.1. The van der Waals surface area contributed by atoms with E-state index in [0.29, 0.717) is 6.54 Å². The first kappa shape index (κ1) is 16.1. The number of sulfonamides is 1. The van der Waals surface area contributed by atoms with Crippen LogP contribution in [0.2, 0.25) is 0 Å². The highest BCUT2D eigenvalue weighted by Gasteiger charge is 2.23. The minimum absolute atomic E-state index is 0.545. The summed E-state index contributed by atoms with van der Waals surface area (Å²) in [6, 6.07) is 0. The van der Waals surface area contributed by atoms with Gasteiger partial charge < -0.3 is 9.88 Å². The van der Waals surface area contributed by atoms with Crippen molar-refractivity contribution in [1.82, 2.24) is 19.6 Å². The third kappa shape index (κ3) is 6.17. The van der Waals surface area contributed by atoms with Crippen LogP contribution >= 0.6 is 0 Å². The zero-order valence-corrected chi connectivity index (χ0v) is 12.9. The highest BCUT2D eigenvalue weighted by molar-refractivity contribution is 7.88. The van der Waals surface area contributed by atoms with Gasteiger partial charge in [0.15, 0.2) is 0 Å². The van der Waals surface area contributed by atoms with Crippen LogP contribution < -0.4 is 10.0 Å². The Hall–Kier alpha value is -0.920. The molecule has 2 N–H and O–H groups in total. The van der Waals surface area contributed by atoms with Gasteiger partial charge in [0.05, 0.1) is 18.3 Å². The van der Waals surface area contributed by atoms with Gasteiger partial charge in [-0.25, -0.2) is 18.1 Å². The van der Waals surface area contributed by atoms with Gasteiger partial charge in [-0.3, -0.25) is 0 Å².